The van der Waals surface area contributed by atoms with Crippen LogP contribution < -0.4 is 10.6 Å². The van der Waals surface area contributed by atoms with E-state index in [1.807, 2.05) is 0 Å². The van der Waals surface area contributed by atoms with Crippen molar-refractivity contribution in [2.24, 2.45) is 0 Å². The Morgan fingerprint density at radius 3 is 2.38 bits per heavy atom. The number of carboxylic acid groups (broad SMARTS) is 1. The van der Waals surface area contributed by atoms with Gasteiger partial charge in [0, 0.05) is 13.6 Å². The monoisotopic (exact) mass is 297 g/mol. The summed E-state index contributed by atoms with van der Waals surface area (Å²) in [6.45, 7) is 0.486. The Morgan fingerprint density at radius 2 is 1.81 bits per heavy atom. The van der Waals surface area contributed by atoms with E-state index in [1.165, 1.54) is 11.9 Å². The third kappa shape index (κ3) is 3.11. The molecule has 0 aromatic carbocycles. The molecule has 2 fully saturated rings. The van der Waals surface area contributed by atoms with Crippen LogP contribution in [0.2, 0.25) is 0 Å². The Balaban J connectivity index is 2.08. The van der Waals surface area contributed by atoms with Gasteiger partial charge in [-0.1, -0.05) is 19.3 Å². The van der Waals surface area contributed by atoms with Crippen LogP contribution in [0.3, 0.4) is 0 Å². The van der Waals surface area contributed by atoms with Gasteiger partial charge in [-0.25, -0.2) is 9.59 Å². The van der Waals surface area contributed by atoms with Crippen molar-refractivity contribution >= 4 is 17.9 Å². The zero-order valence-electron chi connectivity index (χ0n) is 12.4. The van der Waals surface area contributed by atoms with Crippen molar-refractivity contribution in [1.29, 1.82) is 0 Å². The van der Waals surface area contributed by atoms with Gasteiger partial charge in [-0.3, -0.25) is 4.79 Å². The maximum absolute atomic E-state index is 12.4. The average Bonchev–Trinajstić information content (AvgIpc) is 2.96. The smallest absolute Gasteiger partial charge is 0.329 e. The number of carbonyl (C=O) groups is 3. The standard InChI is InChI=1S/C14H23N3O4/c1-15-11(18)10-6-5-9-17(10)13(21)16-14(12(19)20)7-3-2-4-8-14/h10H,2-9H2,1H3,(H,15,18)(H,16,21)(H,19,20). The summed E-state index contributed by atoms with van der Waals surface area (Å²) in [4.78, 5) is 37.3. The predicted molar refractivity (Wildman–Crippen MR) is 75.8 cm³/mol. The first-order valence-electron chi connectivity index (χ1n) is 7.54. The molecule has 0 aromatic rings. The van der Waals surface area contributed by atoms with E-state index in [9.17, 15) is 19.5 Å². The largest absolute Gasteiger partial charge is 0.480 e. The van der Waals surface area contributed by atoms with E-state index in [2.05, 4.69) is 10.6 Å². The number of urea groups is 1. The molecule has 0 spiro atoms. The van der Waals surface area contributed by atoms with Crippen molar-refractivity contribution in [3.8, 4) is 0 Å². The van der Waals surface area contributed by atoms with Gasteiger partial charge in [0.1, 0.15) is 11.6 Å². The van der Waals surface area contributed by atoms with Crippen molar-refractivity contribution in [2.75, 3.05) is 13.6 Å². The number of hydrogen-bond donors (Lipinski definition) is 3. The summed E-state index contributed by atoms with van der Waals surface area (Å²) in [5.74, 6) is -1.18. The van der Waals surface area contributed by atoms with Gasteiger partial charge in [0.15, 0.2) is 0 Å². The minimum atomic E-state index is -1.18. The Kier molecular flexibility index (Phi) is 4.69. The zero-order chi connectivity index (χ0) is 15.5. The molecule has 0 radical (unpaired) electrons. The molecule has 1 aliphatic heterocycles. The average molecular weight is 297 g/mol. The maximum Gasteiger partial charge on any atom is 0.329 e. The Labute approximate surface area is 124 Å². The molecule has 118 valence electrons. The highest BCUT2D eigenvalue weighted by molar-refractivity contribution is 5.90. The number of nitrogens with zero attached hydrogens (tertiary/aromatic N) is 1. The van der Waals surface area contributed by atoms with Gasteiger partial charge in [-0.2, -0.15) is 0 Å². The Bertz CT molecular complexity index is 432. The molecule has 1 unspecified atom stereocenters. The molecule has 1 saturated carbocycles. The van der Waals surface area contributed by atoms with Gasteiger partial charge >= 0.3 is 12.0 Å². The van der Waals surface area contributed by atoms with Gasteiger partial charge in [0.25, 0.3) is 0 Å². The molecule has 1 atom stereocenters. The molecule has 1 saturated heterocycles. The number of hydrogen-bond acceptors (Lipinski definition) is 3. The van der Waals surface area contributed by atoms with Crippen molar-refractivity contribution < 1.29 is 19.5 Å². The van der Waals surface area contributed by atoms with Crippen LogP contribution in [0.1, 0.15) is 44.9 Å². The summed E-state index contributed by atoms with van der Waals surface area (Å²) in [6, 6.07) is -0.935. The second-order valence-electron chi connectivity index (χ2n) is 5.84. The molecule has 21 heavy (non-hydrogen) atoms. The number of rotatable bonds is 3. The summed E-state index contributed by atoms with van der Waals surface area (Å²) in [7, 11) is 1.54. The first kappa shape index (κ1) is 15.6. The van der Waals surface area contributed by atoms with E-state index >= 15 is 0 Å². The van der Waals surface area contributed by atoms with Gasteiger partial charge in [-0.15, -0.1) is 0 Å². The van der Waals surface area contributed by atoms with Crippen molar-refractivity contribution in [3.05, 3.63) is 0 Å². The lowest BCUT2D eigenvalue weighted by atomic mass is 9.82. The summed E-state index contributed by atoms with van der Waals surface area (Å²) in [6.07, 6.45) is 4.87. The van der Waals surface area contributed by atoms with Crippen molar-refractivity contribution in [1.82, 2.24) is 15.5 Å². The molecule has 7 heteroatoms. The first-order chi connectivity index (χ1) is 10.00. The molecule has 2 rings (SSSR count). The van der Waals surface area contributed by atoms with Gasteiger partial charge in [0.05, 0.1) is 0 Å². The Hall–Kier alpha value is -1.79. The summed E-state index contributed by atoms with van der Waals surface area (Å²) < 4.78 is 0. The van der Waals surface area contributed by atoms with Gasteiger partial charge in [0.2, 0.25) is 5.91 Å². The van der Waals surface area contributed by atoms with Crippen LogP contribution in [0.5, 0.6) is 0 Å². The fourth-order valence-corrected chi connectivity index (χ4v) is 3.27. The number of amides is 3. The van der Waals surface area contributed by atoms with Crippen LogP contribution >= 0.6 is 0 Å². The molecule has 0 aromatic heterocycles. The third-order valence-electron chi connectivity index (χ3n) is 4.53. The molecule has 1 aliphatic carbocycles. The predicted octanol–water partition coefficient (Wildman–Crippen LogP) is 0.694. The van der Waals surface area contributed by atoms with Crippen LogP contribution in [0.4, 0.5) is 4.79 Å². The molecular weight excluding hydrogens is 274 g/mol. The van der Waals surface area contributed by atoms with Crippen molar-refractivity contribution in [3.63, 3.8) is 0 Å². The molecular formula is C14H23N3O4. The lowest BCUT2D eigenvalue weighted by Gasteiger charge is -2.36. The zero-order valence-corrected chi connectivity index (χ0v) is 12.4. The highest BCUT2D eigenvalue weighted by Crippen LogP contribution is 2.29. The van der Waals surface area contributed by atoms with Crippen LogP contribution in [0.25, 0.3) is 0 Å². The number of carbonyl (C=O) groups excluding carboxylic acids is 2. The third-order valence-corrected chi connectivity index (χ3v) is 4.53. The summed E-state index contributed by atoms with van der Waals surface area (Å²) in [5, 5.41) is 14.7. The second kappa shape index (κ2) is 6.32. The second-order valence-corrected chi connectivity index (χ2v) is 5.84. The lowest BCUT2D eigenvalue weighted by molar-refractivity contribution is -0.146. The molecule has 1 heterocycles. The van der Waals surface area contributed by atoms with Crippen LogP contribution in [0.15, 0.2) is 0 Å². The molecule has 0 bridgehead atoms. The molecule has 2 aliphatic rings. The summed E-state index contributed by atoms with van der Waals surface area (Å²) >= 11 is 0. The topological polar surface area (TPSA) is 98.7 Å². The fraction of sp³-hybridized carbons (Fsp3) is 0.786. The minimum absolute atomic E-state index is 0.198. The Morgan fingerprint density at radius 1 is 1.14 bits per heavy atom. The van der Waals surface area contributed by atoms with Crippen LogP contribution in [-0.2, 0) is 9.59 Å². The molecule has 7 nitrogen and oxygen atoms in total. The highest BCUT2D eigenvalue weighted by atomic mass is 16.4. The van der Waals surface area contributed by atoms with E-state index in [0.717, 1.165) is 25.7 Å². The number of carboxylic acids is 1. The van der Waals surface area contributed by atoms with Crippen molar-refractivity contribution in [2.45, 2.75) is 56.5 Å². The van der Waals surface area contributed by atoms with Gasteiger partial charge in [-0.05, 0) is 25.7 Å². The van der Waals surface area contributed by atoms with E-state index < -0.39 is 23.6 Å². The van der Waals surface area contributed by atoms with E-state index in [0.29, 0.717) is 25.8 Å². The lowest BCUT2D eigenvalue weighted by Crippen LogP contribution is -2.60. The van der Waals surface area contributed by atoms with E-state index in [-0.39, 0.29) is 5.91 Å². The van der Waals surface area contributed by atoms with Crippen LogP contribution in [0, 0.1) is 0 Å². The molecule has 3 amide bonds. The number of likely N-dealkylation sites (N-methyl/N-ethyl adjacent to an activating group) is 1. The number of aliphatic carboxylic acids is 1. The first-order valence-corrected chi connectivity index (χ1v) is 7.54. The quantitative estimate of drug-likeness (QED) is 0.714. The van der Waals surface area contributed by atoms with Gasteiger partial charge < -0.3 is 20.6 Å². The normalized spacial score (nSPS) is 24.4. The van der Waals surface area contributed by atoms with Crippen LogP contribution in [-0.4, -0.2) is 53.1 Å². The minimum Gasteiger partial charge on any atom is -0.480 e. The summed E-state index contributed by atoms with van der Waals surface area (Å²) in [5.41, 5.74) is -1.18. The maximum atomic E-state index is 12.4. The highest BCUT2D eigenvalue weighted by Gasteiger charge is 2.43. The van der Waals surface area contributed by atoms with E-state index in [4.69, 9.17) is 0 Å². The fourth-order valence-electron chi connectivity index (χ4n) is 3.27. The molecule has 3 N–H and O–H groups in total. The number of nitrogens with one attached hydrogen (secondary N) is 2. The van der Waals surface area contributed by atoms with E-state index in [1.54, 1.807) is 0 Å². The SMILES string of the molecule is CNC(=O)C1CCCN1C(=O)NC1(C(=O)O)CCCCC1. The number of likely N-dealkylation sites (tertiary alicyclic amines) is 1.